The summed E-state index contributed by atoms with van der Waals surface area (Å²) in [6.07, 6.45) is 4.63. The monoisotopic (exact) mass is 506 g/mol. The van der Waals surface area contributed by atoms with Crippen LogP contribution in [0.4, 0.5) is 0 Å². The molecule has 1 fully saturated rings. The Morgan fingerprint density at radius 2 is 1.96 bits per heavy atom. The minimum absolute atomic E-state index is 0. The molecular weight excluding hydrogens is 471 g/mol. The number of carbonyl (C=O) groups excluding carboxylic acids is 1. The lowest BCUT2D eigenvalue weighted by Crippen LogP contribution is -2.43. The molecule has 2 rings (SSSR count). The third kappa shape index (κ3) is 6.59. The highest BCUT2D eigenvalue weighted by Crippen LogP contribution is 2.39. The first-order chi connectivity index (χ1) is 12.9. The van der Waals surface area contributed by atoms with Crippen LogP contribution in [-0.4, -0.2) is 60.6 Å². The Morgan fingerprint density at radius 3 is 2.50 bits per heavy atom. The van der Waals surface area contributed by atoms with Crippen molar-refractivity contribution in [2.45, 2.75) is 58.8 Å². The van der Waals surface area contributed by atoms with Crippen molar-refractivity contribution in [1.29, 1.82) is 0 Å². The molecule has 28 heavy (non-hydrogen) atoms. The molecule has 0 radical (unpaired) electrons. The van der Waals surface area contributed by atoms with Crippen molar-refractivity contribution in [3.8, 4) is 0 Å². The van der Waals surface area contributed by atoms with Gasteiger partial charge in [-0.05, 0) is 19.8 Å². The standard InChI is InChI=1S/C19H34N6O2.HI/c1-6-20-18(21-12-9-15-23-16(14(2)3)24-27-15)22-13-19(10-7-8-11-19)17(26)25(4)5;/h14H,6-13H2,1-5H3,(H2,20,21,22);1H. The van der Waals surface area contributed by atoms with Crippen molar-refractivity contribution in [2.75, 3.05) is 33.7 Å². The van der Waals surface area contributed by atoms with Gasteiger partial charge in [-0.25, -0.2) is 0 Å². The molecule has 0 saturated heterocycles. The Kier molecular flexibility index (Phi) is 10.2. The molecule has 2 N–H and O–H groups in total. The summed E-state index contributed by atoms with van der Waals surface area (Å²) in [6.45, 7) is 8.02. The van der Waals surface area contributed by atoms with E-state index in [0.717, 1.165) is 44.0 Å². The maximum atomic E-state index is 12.7. The molecule has 1 heterocycles. The molecule has 160 valence electrons. The van der Waals surface area contributed by atoms with Gasteiger partial charge in [-0.3, -0.25) is 9.79 Å². The number of hydrogen-bond acceptors (Lipinski definition) is 5. The van der Waals surface area contributed by atoms with Crippen molar-refractivity contribution >= 4 is 35.8 Å². The zero-order valence-electron chi connectivity index (χ0n) is 17.7. The summed E-state index contributed by atoms with van der Waals surface area (Å²) in [6, 6.07) is 0. The van der Waals surface area contributed by atoms with E-state index in [9.17, 15) is 4.79 Å². The molecule has 1 aromatic heterocycles. The summed E-state index contributed by atoms with van der Waals surface area (Å²) >= 11 is 0. The van der Waals surface area contributed by atoms with Crippen molar-refractivity contribution < 1.29 is 9.32 Å². The Labute approximate surface area is 185 Å². The van der Waals surface area contributed by atoms with Gasteiger partial charge in [0.05, 0.1) is 12.0 Å². The minimum Gasteiger partial charge on any atom is -0.357 e. The molecule has 0 unspecified atom stereocenters. The molecular formula is C19H35IN6O2. The van der Waals surface area contributed by atoms with E-state index in [-0.39, 0.29) is 41.2 Å². The zero-order chi connectivity index (χ0) is 19.9. The number of aromatic nitrogens is 2. The zero-order valence-corrected chi connectivity index (χ0v) is 20.1. The smallest absolute Gasteiger partial charge is 0.230 e. The highest BCUT2D eigenvalue weighted by Gasteiger charge is 2.42. The molecule has 0 aromatic carbocycles. The maximum absolute atomic E-state index is 12.7. The van der Waals surface area contributed by atoms with Crippen molar-refractivity contribution in [3.63, 3.8) is 0 Å². The predicted octanol–water partition coefficient (Wildman–Crippen LogP) is 2.56. The fourth-order valence-corrected chi connectivity index (χ4v) is 3.43. The molecule has 8 nitrogen and oxygen atoms in total. The van der Waals surface area contributed by atoms with Gasteiger partial charge >= 0.3 is 0 Å². The molecule has 0 atom stereocenters. The summed E-state index contributed by atoms with van der Waals surface area (Å²) < 4.78 is 5.27. The van der Waals surface area contributed by atoms with Crippen molar-refractivity contribution in [1.82, 2.24) is 25.7 Å². The SMILES string of the molecule is CCNC(=NCC1(C(=O)N(C)C)CCCC1)NCCc1nc(C(C)C)no1.I. The van der Waals surface area contributed by atoms with Gasteiger partial charge < -0.3 is 20.1 Å². The topological polar surface area (TPSA) is 95.7 Å². The number of amides is 1. The third-order valence-corrected chi connectivity index (χ3v) is 4.94. The summed E-state index contributed by atoms with van der Waals surface area (Å²) in [4.78, 5) is 23.5. The quantitative estimate of drug-likeness (QED) is 0.320. The average Bonchev–Trinajstić information content (AvgIpc) is 3.29. The second-order valence-electron chi connectivity index (χ2n) is 7.76. The van der Waals surface area contributed by atoms with E-state index in [1.165, 1.54) is 0 Å². The number of hydrogen-bond donors (Lipinski definition) is 2. The Bertz CT molecular complexity index is 638. The predicted molar refractivity (Wildman–Crippen MR) is 121 cm³/mol. The van der Waals surface area contributed by atoms with E-state index in [1.807, 2.05) is 34.9 Å². The summed E-state index contributed by atoms with van der Waals surface area (Å²) in [5, 5.41) is 10.5. The fraction of sp³-hybridized carbons (Fsp3) is 0.789. The first-order valence-electron chi connectivity index (χ1n) is 9.94. The second-order valence-corrected chi connectivity index (χ2v) is 7.76. The molecule has 0 aliphatic heterocycles. The highest BCUT2D eigenvalue weighted by atomic mass is 127. The number of aliphatic imine (C=N–C) groups is 1. The van der Waals surface area contributed by atoms with Crippen LogP contribution in [0.5, 0.6) is 0 Å². The first-order valence-corrected chi connectivity index (χ1v) is 9.94. The summed E-state index contributed by atoms with van der Waals surface area (Å²) in [5.74, 6) is 2.52. The van der Waals surface area contributed by atoms with Crippen LogP contribution in [0.2, 0.25) is 0 Å². The van der Waals surface area contributed by atoms with Crippen LogP contribution in [0.15, 0.2) is 9.52 Å². The van der Waals surface area contributed by atoms with E-state index in [1.54, 1.807) is 4.90 Å². The van der Waals surface area contributed by atoms with E-state index in [2.05, 4.69) is 20.8 Å². The molecule has 1 amide bonds. The first kappa shape index (κ1) is 24.6. The summed E-state index contributed by atoms with van der Waals surface area (Å²) in [5.41, 5.74) is -0.357. The molecule has 1 aliphatic carbocycles. The van der Waals surface area contributed by atoms with Crippen molar-refractivity contribution in [3.05, 3.63) is 11.7 Å². The van der Waals surface area contributed by atoms with E-state index < -0.39 is 0 Å². The van der Waals surface area contributed by atoms with Crippen LogP contribution < -0.4 is 10.6 Å². The number of rotatable bonds is 8. The molecule has 0 bridgehead atoms. The van der Waals surface area contributed by atoms with Gasteiger partial charge in [-0.15, -0.1) is 24.0 Å². The molecule has 1 aromatic rings. The van der Waals surface area contributed by atoms with Gasteiger partial charge in [-0.1, -0.05) is 31.8 Å². The Hall–Kier alpha value is -1.39. The lowest BCUT2D eigenvalue weighted by molar-refractivity contribution is -0.138. The molecule has 1 saturated carbocycles. The number of nitrogens with zero attached hydrogens (tertiary/aromatic N) is 4. The van der Waals surface area contributed by atoms with Crippen LogP contribution >= 0.6 is 24.0 Å². The van der Waals surface area contributed by atoms with Crippen LogP contribution in [0, 0.1) is 5.41 Å². The van der Waals surface area contributed by atoms with Gasteiger partial charge in [0.2, 0.25) is 11.8 Å². The Morgan fingerprint density at radius 1 is 1.29 bits per heavy atom. The number of nitrogens with one attached hydrogen (secondary N) is 2. The van der Waals surface area contributed by atoms with Gasteiger partial charge in [0.15, 0.2) is 11.8 Å². The van der Waals surface area contributed by atoms with E-state index in [0.29, 0.717) is 25.4 Å². The minimum atomic E-state index is -0.357. The van der Waals surface area contributed by atoms with Crippen LogP contribution in [0.3, 0.4) is 0 Å². The number of guanidine groups is 1. The molecule has 9 heteroatoms. The van der Waals surface area contributed by atoms with Gasteiger partial charge in [0.1, 0.15) is 0 Å². The van der Waals surface area contributed by atoms with Gasteiger partial charge in [0.25, 0.3) is 0 Å². The molecule has 1 aliphatic rings. The van der Waals surface area contributed by atoms with Crippen LogP contribution in [0.1, 0.15) is 64.1 Å². The fourth-order valence-electron chi connectivity index (χ4n) is 3.43. The van der Waals surface area contributed by atoms with E-state index in [4.69, 9.17) is 9.52 Å². The normalized spacial score (nSPS) is 16.0. The lowest BCUT2D eigenvalue weighted by Gasteiger charge is -2.29. The number of carbonyl (C=O) groups is 1. The molecule has 0 spiro atoms. The largest absolute Gasteiger partial charge is 0.357 e. The van der Waals surface area contributed by atoms with Crippen LogP contribution in [0.25, 0.3) is 0 Å². The Balaban J connectivity index is 0.00000392. The third-order valence-electron chi connectivity index (χ3n) is 4.94. The average molecular weight is 506 g/mol. The lowest BCUT2D eigenvalue weighted by atomic mass is 9.85. The van der Waals surface area contributed by atoms with Crippen molar-refractivity contribution in [2.24, 2.45) is 10.4 Å². The number of halogens is 1. The van der Waals surface area contributed by atoms with E-state index >= 15 is 0 Å². The van der Waals surface area contributed by atoms with Crippen LogP contribution in [-0.2, 0) is 11.2 Å². The highest BCUT2D eigenvalue weighted by molar-refractivity contribution is 14.0. The van der Waals surface area contributed by atoms with Gasteiger partial charge in [-0.2, -0.15) is 4.98 Å². The summed E-state index contributed by atoms with van der Waals surface area (Å²) in [7, 11) is 3.65. The second kappa shape index (κ2) is 11.6. The van der Waals surface area contributed by atoms with Gasteiger partial charge in [0, 0.05) is 39.5 Å². The maximum Gasteiger partial charge on any atom is 0.230 e.